The first kappa shape index (κ1) is 14.8. The summed E-state index contributed by atoms with van der Waals surface area (Å²) in [6, 6.07) is 12.3. The van der Waals surface area contributed by atoms with Gasteiger partial charge in [0.05, 0.1) is 5.52 Å². The minimum atomic E-state index is 0.525. The molecule has 4 rings (SSSR count). The van der Waals surface area contributed by atoms with Crippen LogP contribution >= 0.6 is 11.6 Å². The number of aryl methyl sites for hydroxylation is 1. The molecule has 0 spiro atoms. The molecule has 0 saturated heterocycles. The van der Waals surface area contributed by atoms with E-state index in [4.69, 9.17) is 11.6 Å². The van der Waals surface area contributed by atoms with Crippen molar-refractivity contribution in [3.8, 4) is 11.1 Å². The van der Waals surface area contributed by atoms with Gasteiger partial charge < -0.3 is 5.32 Å². The highest BCUT2D eigenvalue weighted by Crippen LogP contribution is 2.35. The van der Waals surface area contributed by atoms with Gasteiger partial charge >= 0.3 is 0 Å². The predicted molar refractivity (Wildman–Crippen MR) is 99.6 cm³/mol. The van der Waals surface area contributed by atoms with Gasteiger partial charge in [0.2, 0.25) is 5.95 Å². The molecule has 0 radical (unpaired) electrons. The molecular weight excluding hydrogens is 320 g/mol. The minimum absolute atomic E-state index is 0.525. The van der Waals surface area contributed by atoms with E-state index in [0.717, 1.165) is 32.8 Å². The van der Waals surface area contributed by atoms with E-state index >= 15 is 0 Å². The molecule has 0 fully saturated rings. The number of nitrogens with zero attached hydrogens (tertiary/aromatic N) is 3. The van der Waals surface area contributed by atoms with Crippen LogP contribution < -0.4 is 5.32 Å². The zero-order chi connectivity index (χ0) is 16.7. The summed E-state index contributed by atoms with van der Waals surface area (Å²) in [5.41, 5.74) is 4.39. The number of pyridine rings is 1. The summed E-state index contributed by atoms with van der Waals surface area (Å²) in [4.78, 5) is 13.0. The Balaban J connectivity index is 1.99. The van der Waals surface area contributed by atoms with Gasteiger partial charge in [-0.05, 0) is 47.2 Å². The van der Waals surface area contributed by atoms with Crippen LogP contribution in [0, 0.1) is 6.92 Å². The number of nitrogens with one attached hydrogen (secondary N) is 1. The van der Waals surface area contributed by atoms with Crippen LogP contribution in [0.15, 0.2) is 48.8 Å². The second kappa shape index (κ2) is 5.73. The fourth-order valence-corrected chi connectivity index (χ4v) is 3.24. The Morgan fingerprint density at radius 2 is 1.88 bits per heavy atom. The molecule has 0 aliphatic rings. The van der Waals surface area contributed by atoms with E-state index in [-0.39, 0.29) is 0 Å². The molecule has 0 bridgehead atoms. The first-order valence-electron chi connectivity index (χ1n) is 7.66. The highest BCUT2D eigenvalue weighted by Gasteiger charge is 2.11. The Hall–Kier alpha value is -2.72. The summed E-state index contributed by atoms with van der Waals surface area (Å²) in [7, 11) is 1.81. The molecule has 24 heavy (non-hydrogen) atoms. The molecule has 0 saturated carbocycles. The van der Waals surface area contributed by atoms with Gasteiger partial charge in [-0.3, -0.25) is 0 Å². The van der Waals surface area contributed by atoms with Gasteiger partial charge in [0, 0.05) is 30.2 Å². The number of benzene rings is 2. The zero-order valence-corrected chi connectivity index (χ0v) is 14.1. The van der Waals surface area contributed by atoms with E-state index < -0.39 is 0 Å². The molecule has 2 aromatic carbocycles. The molecule has 2 aromatic heterocycles. The van der Waals surface area contributed by atoms with Crippen molar-refractivity contribution in [2.45, 2.75) is 6.92 Å². The van der Waals surface area contributed by atoms with Crippen molar-refractivity contribution >= 4 is 39.2 Å². The predicted octanol–water partition coefficient (Wildman–Crippen LogP) is 4.85. The topological polar surface area (TPSA) is 50.7 Å². The van der Waals surface area contributed by atoms with Gasteiger partial charge in [-0.25, -0.2) is 15.0 Å². The molecule has 0 unspecified atom stereocenters. The van der Waals surface area contributed by atoms with Crippen LogP contribution in [0.25, 0.3) is 32.8 Å². The van der Waals surface area contributed by atoms with Gasteiger partial charge in [-0.2, -0.15) is 0 Å². The molecule has 0 aliphatic carbocycles. The Morgan fingerprint density at radius 1 is 1.00 bits per heavy atom. The van der Waals surface area contributed by atoms with Crippen LogP contribution in [-0.2, 0) is 0 Å². The summed E-state index contributed by atoms with van der Waals surface area (Å²) in [5, 5.41) is 6.55. The fourth-order valence-electron chi connectivity index (χ4n) is 3.02. The number of anilines is 1. The van der Waals surface area contributed by atoms with Crippen LogP contribution in [-0.4, -0.2) is 22.0 Å². The van der Waals surface area contributed by atoms with Crippen molar-refractivity contribution in [1.82, 2.24) is 15.0 Å². The molecule has 1 N–H and O–H groups in total. The number of halogens is 1. The lowest BCUT2D eigenvalue weighted by Gasteiger charge is -2.12. The Labute approximate surface area is 144 Å². The number of rotatable bonds is 2. The molecule has 4 nitrogen and oxygen atoms in total. The largest absolute Gasteiger partial charge is 0.357 e. The number of aromatic nitrogens is 3. The van der Waals surface area contributed by atoms with Gasteiger partial charge in [0.1, 0.15) is 5.15 Å². The highest BCUT2D eigenvalue weighted by molar-refractivity contribution is 6.34. The molecule has 4 aromatic rings. The maximum absolute atomic E-state index is 6.26. The summed E-state index contributed by atoms with van der Waals surface area (Å²) in [6.45, 7) is 2.11. The Bertz CT molecular complexity index is 1080. The third-order valence-electron chi connectivity index (χ3n) is 4.20. The summed E-state index contributed by atoms with van der Waals surface area (Å²) in [6.07, 6.45) is 3.59. The summed E-state index contributed by atoms with van der Waals surface area (Å²) in [5.74, 6) is 0.620. The van der Waals surface area contributed by atoms with Crippen LogP contribution in [0.3, 0.4) is 0 Å². The smallest absolute Gasteiger partial charge is 0.222 e. The molecule has 0 amide bonds. The minimum Gasteiger partial charge on any atom is -0.357 e. The Kier molecular flexibility index (Phi) is 3.54. The second-order valence-electron chi connectivity index (χ2n) is 5.67. The monoisotopic (exact) mass is 334 g/mol. The van der Waals surface area contributed by atoms with E-state index in [1.165, 1.54) is 5.56 Å². The van der Waals surface area contributed by atoms with Crippen LogP contribution in [0.1, 0.15) is 5.56 Å². The first-order valence-corrected chi connectivity index (χ1v) is 8.04. The third kappa shape index (κ3) is 2.36. The van der Waals surface area contributed by atoms with Gasteiger partial charge in [-0.15, -0.1) is 0 Å². The Morgan fingerprint density at radius 3 is 2.71 bits per heavy atom. The van der Waals surface area contributed by atoms with Crippen LogP contribution in [0.2, 0.25) is 5.15 Å². The number of hydrogen-bond acceptors (Lipinski definition) is 4. The normalized spacial score (nSPS) is 11.1. The van der Waals surface area contributed by atoms with Crippen molar-refractivity contribution in [3.63, 3.8) is 0 Å². The van der Waals surface area contributed by atoms with E-state index in [2.05, 4.69) is 45.4 Å². The van der Waals surface area contributed by atoms with Crippen molar-refractivity contribution in [1.29, 1.82) is 0 Å². The van der Waals surface area contributed by atoms with Gasteiger partial charge in [0.25, 0.3) is 0 Å². The molecule has 5 heteroatoms. The molecule has 0 atom stereocenters. The maximum atomic E-state index is 6.26. The van der Waals surface area contributed by atoms with E-state index in [1.807, 2.05) is 31.4 Å². The average molecular weight is 335 g/mol. The summed E-state index contributed by atoms with van der Waals surface area (Å²) >= 11 is 6.26. The van der Waals surface area contributed by atoms with Crippen LogP contribution in [0.4, 0.5) is 5.95 Å². The van der Waals surface area contributed by atoms with E-state index in [1.54, 1.807) is 6.20 Å². The van der Waals surface area contributed by atoms with Crippen molar-refractivity contribution in [2.75, 3.05) is 12.4 Å². The lowest BCUT2D eigenvalue weighted by Crippen LogP contribution is -1.96. The zero-order valence-electron chi connectivity index (χ0n) is 13.3. The standard InChI is InChI=1S/C19H15ClN4/c1-11-3-5-15-14(7-8-22-18(15)20)17(11)12-4-6-16-13(9-12)10-23-19(21-2)24-16/h3-10H,1-2H3,(H,21,23,24). The average Bonchev–Trinajstić information content (AvgIpc) is 2.61. The quantitative estimate of drug-likeness (QED) is 0.532. The lowest BCUT2D eigenvalue weighted by molar-refractivity contribution is 1.19. The number of fused-ring (bicyclic) bond motifs is 2. The fraction of sp³-hybridized carbons (Fsp3) is 0.105. The van der Waals surface area contributed by atoms with E-state index in [0.29, 0.717) is 11.1 Å². The van der Waals surface area contributed by atoms with Gasteiger partial charge in [0.15, 0.2) is 0 Å². The molecular formula is C19H15ClN4. The highest BCUT2D eigenvalue weighted by atomic mass is 35.5. The van der Waals surface area contributed by atoms with Gasteiger partial charge in [-0.1, -0.05) is 29.8 Å². The molecule has 118 valence electrons. The lowest BCUT2D eigenvalue weighted by atomic mass is 9.94. The molecule has 2 heterocycles. The van der Waals surface area contributed by atoms with Crippen molar-refractivity contribution in [3.05, 3.63) is 59.5 Å². The van der Waals surface area contributed by atoms with Crippen molar-refractivity contribution < 1.29 is 0 Å². The third-order valence-corrected chi connectivity index (χ3v) is 4.50. The molecule has 0 aliphatic heterocycles. The summed E-state index contributed by atoms with van der Waals surface area (Å²) < 4.78 is 0. The second-order valence-corrected chi connectivity index (χ2v) is 6.03. The van der Waals surface area contributed by atoms with Crippen molar-refractivity contribution in [2.24, 2.45) is 0 Å². The van der Waals surface area contributed by atoms with E-state index in [9.17, 15) is 0 Å². The first-order chi connectivity index (χ1) is 11.7. The SMILES string of the molecule is CNc1ncc2cc(-c3c(C)ccc4c(Cl)nccc34)ccc2n1. The maximum Gasteiger partial charge on any atom is 0.222 e. The number of hydrogen-bond donors (Lipinski definition) is 1. The van der Waals surface area contributed by atoms with Crippen LogP contribution in [0.5, 0.6) is 0 Å².